The van der Waals surface area contributed by atoms with Crippen molar-refractivity contribution in [3.05, 3.63) is 0 Å². The summed E-state index contributed by atoms with van der Waals surface area (Å²) in [6, 6.07) is 0.334. The number of ether oxygens (including phenoxy) is 1. The number of hydrogen-bond donors (Lipinski definition) is 1. The molecular formula is C17H30N2O3. The molecule has 2 amide bonds. The molecule has 1 heterocycles. The molecular weight excluding hydrogens is 280 g/mol. The van der Waals surface area contributed by atoms with Gasteiger partial charge in [0.1, 0.15) is 0 Å². The summed E-state index contributed by atoms with van der Waals surface area (Å²) in [6.45, 7) is 4.14. The fourth-order valence-electron chi connectivity index (χ4n) is 3.35. The molecule has 0 aromatic heterocycles. The van der Waals surface area contributed by atoms with Crippen LogP contribution in [0.5, 0.6) is 0 Å². The summed E-state index contributed by atoms with van der Waals surface area (Å²) >= 11 is 0. The lowest BCUT2D eigenvalue weighted by atomic mass is 10.1. The summed E-state index contributed by atoms with van der Waals surface area (Å²) < 4.78 is 5.70. The minimum absolute atomic E-state index is 0.0187. The van der Waals surface area contributed by atoms with Gasteiger partial charge in [-0.05, 0) is 39.0 Å². The van der Waals surface area contributed by atoms with E-state index in [0.29, 0.717) is 32.0 Å². The summed E-state index contributed by atoms with van der Waals surface area (Å²) in [7, 11) is 0. The quantitative estimate of drug-likeness (QED) is 0.784. The van der Waals surface area contributed by atoms with Gasteiger partial charge in [0.2, 0.25) is 11.8 Å². The van der Waals surface area contributed by atoms with E-state index in [0.717, 1.165) is 32.3 Å². The zero-order valence-corrected chi connectivity index (χ0v) is 13.8. The van der Waals surface area contributed by atoms with Crippen LogP contribution in [0.4, 0.5) is 0 Å². The van der Waals surface area contributed by atoms with Crippen molar-refractivity contribution in [2.75, 3.05) is 19.7 Å². The highest BCUT2D eigenvalue weighted by atomic mass is 16.5. The van der Waals surface area contributed by atoms with Gasteiger partial charge in [0.15, 0.2) is 0 Å². The Morgan fingerprint density at radius 2 is 1.82 bits per heavy atom. The van der Waals surface area contributed by atoms with Crippen LogP contribution in [0, 0.1) is 0 Å². The molecule has 1 saturated carbocycles. The van der Waals surface area contributed by atoms with Gasteiger partial charge in [0.25, 0.3) is 0 Å². The van der Waals surface area contributed by atoms with Crippen LogP contribution < -0.4 is 5.32 Å². The van der Waals surface area contributed by atoms with Gasteiger partial charge in [-0.25, -0.2) is 0 Å². The molecule has 1 unspecified atom stereocenters. The first-order valence-corrected chi connectivity index (χ1v) is 8.87. The number of hydrogen-bond acceptors (Lipinski definition) is 3. The second-order valence-corrected chi connectivity index (χ2v) is 6.47. The Labute approximate surface area is 133 Å². The van der Waals surface area contributed by atoms with E-state index >= 15 is 0 Å². The monoisotopic (exact) mass is 310 g/mol. The first-order valence-electron chi connectivity index (χ1n) is 8.87. The van der Waals surface area contributed by atoms with Crippen LogP contribution in [0.2, 0.25) is 0 Å². The third kappa shape index (κ3) is 5.59. The van der Waals surface area contributed by atoms with E-state index in [-0.39, 0.29) is 17.9 Å². The highest BCUT2D eigenvalue weighted by Gasteiger charge is 2.22. The molecule has 2 aliphatic rings. The van der Waals surface area contributed by atoms with Crippen LogP contribution in [-0.4, -0.2) is 48.6 Å². The molecule has 22 heavy (non-hydrogen) atoms. The molecule has 126 valence electrons. The lowest BCUT2D eigenvalue weighted by Crippen LogP contribution is -2.40. The predicted octanol–water partition coefficient (Wildman–Crippen LogP) is 2.24. The van der Waals surface area contributed by atoms with Gasteiger partial charge in [-0.2, -0.15) is 0 Å². The topological polar surface area (TPSA) is 58.6 Å². The van der Waals surface area contributed by atoms with Gasteiger partial charge in [0, 0.05) is 38.6 Å². The number of carbonyl (C=O) groups is 2. The number of carbonyl (C=O) groups excluding carboxylic acids is 2. The number of rotatable bonds is 7. The first-order chi connectivity index (χ1) is 10.7. The first kappa shape index (κ1) is 17.3. The molecule has 1 atom stereocenters. The summed E-state index contributed by atoms with van der Waals surface area (Å²) in [5.41, 5.74) is 0. The Bertz CT molecular complexity index is 361. The number of likely N-dealkylation sites (N-methyl/N-ethyl adjacent to an activating group) is 1. The second-order valence-electron chi connectivity index (χ2n) is 6.47. The molecule has 5 nitrogen and oxygen atoms in total. The zero-order chi connectivity index (χ0) is 15.8. The predicted molar refractivity (Wildman–Crippen MR) is 85.5 cm³/mol. The minimum atomic E-state index is 0.0187. The fourth-order valence-corrected chi connectivity index (χ4v) is 3.35. The molecule has 1 N–H and O–H groups in total. The number of nitrogens with one attached hydrogen (secondary N) is 1. The van der Waals surface area contributed by atoms with Gasteiger partial charge < -0.3 is 15.0 Å². The van der Waals surface area contributed by atoms with Crippen molar-refractivity contribution in [3.63, 3.8) is 0 Å². The molecule has 1 saturated heterocycles. The van der Waals surface area contributed by atoms with Crippen LogP contribution >= 0.6 is 0 Å². The van der Waals surface area contributed by atoms with Crippen LogP contribution in [0.25, 0.3) is 0 Å². The smallest absolute Gasteiger partial charge is 0.223 e. The van der Waals surface area contributed by atoms with Crippen molar-refractivity contribution in [1.29, 1.82) is 0 Å². The molecule has 0 aromatic carbocycles. The van der Waals surface area contributed by atoms with Crippen molar-refractivity contribution < 1.29 is 14.3 Å². The van der Waals surface area contributed by atoms with Gasteiger partial charge >= 0.3 is 0 Å². The Hall–Kier alpha value is -1.10. The third-order valence-corrected chi connectivity index (χ3v) is 4.72. The van der Waals surface area contributed by atoms with Crippen molar-refractivity contribution in [2.45, 2.75) is 76.9 Å². The lowest BCUT2D eigenvalue weighted by molar-refractivity contribution is -0.135. The highest BCUT2D eigenvalue weighted by Crippen LogP contribution is 2.18. The molecule has 0 bridgehead atoms. The lowest BCUT2D eigenvalue weighted by Gasteiger charge is -2.29. The van der Waals surface area contributed by atoms with Crippen LogP contribution in [0.1, 0.15) is 64.7 Å². The third-order valence-electron chi connectivity index (χ3n) is 4.72. The second kappa shape index (κ2) is 9.13. The SMILES string of the molecule is CCN(CC1CCCCO1)C(=O)CCC(=O)NC1CCCC1. The van der Waals surface area contributed by atoms with E-state index in [1.54, 1.807) is 0 Å². The Morgan fingerprint density at radius 3 is 2.45 bits per heavy atom. The molecule has 1 aliphatic heterocycles. The van der Waals surface area contributed by atoms with E-state index in [1.807, 2.05) is 11.8 Å². The molecule has 1 aliphatic carbocycles. The average Bonchev–Trinajstić information content (AvgIpc) is 3.04. The van der Waals surface area contributed by atoms with E-state index in [2.05, 4.69) is 5.32 Å². The Morgan fingerprint density at radius 1 is 1.09 bits per heavy atom. The summed E-state index contributed by atoms with van der Waals surface area (Å²) in [5.74, 6) is 0.0865. The van der Waals surface area contributed by atoms with Crippen LogP contribution in [-0.2, 0) is 14.3 Å². The summed E-state index contributed by atoms with van der Waals surface area (Å²) in [5, 5.41) is 3.04. The Kier molecular flexibility index (Phi) is 7.16. The largest absolute Gasteiger partial charge is 0.376 e. The van der Waals surface area contributed by atoms with Gasteiger partial charge in [-0.15, -0.1) is 0 Å². The summed E-state index contributed by atoms with van der Waals surface area (Å²) in [4.78, 5) is 26.0. The molecule has 2 rings (SSSR count). The molecule has 5 heteroatoms. The van der Waals surface area contributed by atoms with E-state index < -0.39 is 0 Å². The number of amides is 2. The van der Waals surface area contributed by atoms with Crippen molar-refractivity contribution >= 4 is 11.8 Å². The van der Waals surface area contributed by atoms with E-state index in [1.165, 1.54) is 19.3 Å². The van der Waals surface area contributed by atoms with Crippen molar-refractivity contribution in [2.24, 2.45) is 0 Å². The number of nitrogens with zero attached hydrogens (tertiary/aromatic N) is 1. The van der Waals surface area contributed by atoms with Crippen LogP contribution in [0.3, 0.4) is 0 Å². The minimum Gasteiger partial charge on any atom is -0.376 e. The van der Waals surface area contributed by atoms with Crippen molar-refractivity contribution in [3.8, 4) is 0 Å². The molecule has 0 spiro atoms. The standard InChI is InChI=1S/C17H30N2O3/c1-2-19(13-15-9-5-6-12-22-15)17(21)11-10-16(20)18-14-7-3-4-8-14/h14-15H,2-13H2,1H3,(H,18,20). The van der Waals surface area contributed by atoms with Gasteiger partial charge in [-0.1, -0.05) is 12.8 Å². The Balaban J connectivity index is 1.67. The maximum absolute atomic E-state index is 12.3. The maximum atomic E-state index is 12.3. The zero-order valence-electron chi connectivity index (χ0n) is 13.8. The maximum Gasteiger partial charge on any atom is 0.223 e. The highest BCUT2D eigenvalue weighted by molar-refractivity contribution is 5.83. The van der Waals surface area contributed by atoms with Gasteiger partial charge in [0.05, 0.1) is 6.10 Å². The van der Waals surface area contributed by atoms with E-state index in [9.17, 15) is 9.59 Å². The molecule has 2 fully saturated rings. The molecule has 0 radical (unpaired) electrons. The fraction of sp³-hybridized carbons (Fsp3) is 0.882. The van der Waals surface area contributed by atoms with Gasteiger partial charge in [-0.3, -0.25) is 9.59 Å². The molecule has 0 aromatic rings. The average molecular weight is 310 g/mol. The normalized spacial score (nSPS) is 22.5. The summed E-state index contributed by atoms with van der Waals surface area (Å²) in [6.07, 6.45) is 8.69. The van der Waals surface area contributed by atoms with E-state index in [4.69, 9.17) is 4.74 Å². The van der Waals surface area contributed by atoms with Crippen LogP contribution in [0.15, 0.2) is 0 Å². The van der Waals surface area contributed by atoms with Crippen molar-refractivity contribution in [1.82, 2.24) is 10.2 Å².